The van der Waals surface area contributed by atoms with Crippen LogP contribution in [0.3, 0.4) is 0 Å². The normalized spacial score (nSPS) is 25.6. The minimum atomic E-state index is -4.75. The van der Waals surface area contributed by atoms with Gasteiger partial charge in [0.15, 0.2) is 0 Å². The first-order chi connectivity index (χ1) is 7.42. The molecule has 0 bridgehead atoms. The molecule has 2 heterocycles. The van der Waals surface area contributed by atoms with E-state index in [2.05, 4.69) is 9.98 Å². The number of rotatable bonds is 1. The second-order valence-electron chi connectivity index (χ2n) is 3.26. The predicted octanol–water partition coefficient (Wildman–Crippen LogP) is 1.83. The van der Waals surface area contributed by atoms with Crippen LogP contribution < -0.4 is 0 Å². The molecule has 0 aromatic carbocycles. The van der Waals surface area contributed by atoms with Gasteiger partial charge in [-0.05, 0) is 12.1 Å². The molecule has 16 heavy (non-hydrogen) atoms. The van der Waals surface area contributed by atoms with Gasteiger partial charge in [-0.15, -0.1) is 11.8 Å². The van der Waals surface area contributed by atoms with E-state index in [1.807, 2.05) is 0 Å². The number of hydrogen-bond acceptors (Lipinski definition) is 4. The highest BCUT2D eigenvalue weighted by Crippen LogP contribution is 2.40. The Morgan fingerprint density at radius 1 is 1.44 bits per heavy atom. The highest BCUT2D eigenvalue weighted by Gasteiger charge is 2.56. The predicted molar refractivity (Wildman–Crippen MR) is 54.2 cm³/mol. The third kappa shape index (κ3) is 1.92. The van der Waals surface area contributed by atoms with Crippen LogP contribution in [-0.4, -0.2) is 32.8 Å². The quantitative estimate of drug-likeness (QED) is 0.824. The van der Waals surface area contributed by atoms with Gasteiger partial charge in [0.25, 0.3) is 5.72 Å². The molecular formula is C9H7F3N2OS. The van der Waals surface area contributed by atoms with Gasteiger partial charge in [0.05, 0.1) is 5.75 Å². The minimum absolute atomic E-state index is 0.160. The van der Waals surface area contributed by atoms with E-state index >= 15 is 0 Å². The number of aromatic nitrogens is 1. The first kappa shape index (κ1) is 11.4. The summed E-state index contributed by atoms with van der Waals surface area (Å²) in [4.78, 5) is 7.11. The molecule has 1 unspecified atom stereocenters. The maximum absolute atomic E-state index is 12.4. The smallest absolute Gasteiger partial charge is 0.361 e. The van der Waals surface area contributed by atoms with Gasteiger partial charge in [-0.1, -0.05) is 0 Å². The molecule has 1 aromatic heterocycles. The van der Waals surface area contributed by atoms with E-state index in [4.69, 9.17) is 0 Å². The van der Waals surface area contributed by atoms with Crippen LogP contribution in [0.4, 0.5) is 13.2 Å². The lowest BCUT2D eigenvalue weighted by molar-refractivity contribution is -0.245. The van der Waals surface area contributed by atoms with Crippen molar-refractivity contribution in [2.24, 2.45) is 4.99 Å². The lowest BCUT2D eigenvalue weighted by Crippen LogP contribution is -2.43. The van der Waals surface area contributed by atoms with E-state index in [9.17, 15) is 18.3 Å². The molecular weight excluding hydrogens is 241 g/mol. The Balaban J connectivity index is 2.32. The van der Waals surface area contributed by atoms with Crippen LogP contribution in [0, 0.1) is 0 Å². The van der Waals surface area contributed by atoms with E-state index < -0.39 is 17.7 Å². The molecule has 86 valence electrons. The van der Waals surface area contributed by atoms with Gasteiger partial charge in [-0.2, -0.15) is 13.2 Å². The number of nitrogens with zero attached hydrogens (tertiary/aromatic N) is 2. The molecule has 1 N–H and O–H groups in total. The lowest BCUT2D eigenvalue weighted by atomic mass is 10.2. The Labute approximate surface area is 93.4 Å². The zero-order valence-electron chi connectivity index (χ0n) is 7.90. The van der Waals surface area contributed by atoms with Gasteiger partial charge in [-0.25, -0.2) is 4.99 Å². The standard InChI is InChI=1S/C9H7F3N2OS/c10-9(11,12)8(15)5-16-7(14-8)6-2-1-3-13-4-6/h1-4,15H,5H2. The van der Waals surface area contributed by atoms with E-state index in [-0.39, 0.29) is 5.04 Å². The summed E-state index contributed by atoms with van der Waals surface area (Å²) in [5.74, 6) is -0.513. The van der Waals surface area contributed by atoms with Crippen molar-refractivity contribution in [3.63, 3.8) is 0 Å². The summed E-state index contributed by atoms with van der Waals surface area (Å²) >= 11 is 0.869. The average molecular weight is 248 g/mol. The Kier molecular flexibility index (Phi) is 2.67. The van der Waals surface area contributed by atoms with Crippen LogP contribution in [0.5, 0.6) is 0 Å². The molecule has 1 aromatic rings. The van der Waals surface area contributed by atoms with E-state index in [1.165, 1.54) is 12.4 Å². The van der Waals surface area contributed by atoms with Crippen molar-refractivity contribution in [3.8, 4) is 0 Å². The lowest BCUT2D eigenvalue weighted by Gasteiger charge is -2.21. The molecule has 1 aliphatic rings. The molecule has 0 aliphatic carbocycles. The monoisotopic (exact) mass is 248 g/mol. The van der Waals surface area contributed by atoms with Crippen LogP contribution in [0.15, 0.2) is 29.5 Å². The number of hydrogen-bond donors (Lipinski definition) is 1. The van der Waals surface area contributed by atoms with Crippen molar-refractivity contribution in [3.05, 3.63) is 30.1 Å². The van der Waals surface area contributed by atoms with Crippen LogP contribution in [0.1, 0.15) is 5.56 Å². The van der Waals surface area contributed by atoms with Crippen molar-refractivity contribution in [1.82, 2.24) is 4.98 Å². The molecule has 0 amide bonds. The summed E-state index contributed by atoms with van der Waals surface area (Å²) in [6.07, 6.45) is -1.82. The first-order valence-corrected chi connectivity index (χ1v) is 5.33. The molecule has 1 atom stereocenters. The molecule has 0 fully saturated rings. The second-order valence-corrected chi connectivity index (χ2v) is 4.23. The van der Waals surface area contributed by atoms with E-state index in [0.717, 1.165) is 11.8 Å². The third-order valence-electron chi connectivity index (χ3n) is 2.06. The molecule has 0 radical (unpaired) electrons. The highest BCUT2D eigenvalue weighted by molar-refractivity contribution is 8.14. The Hall–Kier alpha value is -1.08. The zero-order chi connectivity index (χ0) is 11.8. The molecule has 0 spiro atoms. The summed E-state index contributed by atoms with van der Waals surface area (Å²) in [5.41, 5.74) is -2.49. The molecule has 1 aliphatic heterocycles. The van der Waals surface area contributed by atoms with Crippen molar-refractivity contribution in [2.45, 2.75) is 11.9 Å². The topological polar surface area (TPSA) is 45.5 Å². The van der Waals surface area contributed by atoms with E-state index in [1.54, 1.807) is 12.1 Å². The fourth-order valence-electron chi connectivity index (χ4n) is 1.18. The van der Waals surface area contributed by atoms with Gasteiger partial charge in [0, 0.05) is 18.0 Å². The number of thioether (sulfide) groups is 1. The molecule has 7 heteroatoms. The molecule has 3 nitrogen and oxygen atoms in total. The Bertz CT molecular complexity index is 421. The third-order valence-corrected chi connectivity index (χ3v) is 3.21. The summed E-state index contributed by atoms with van der Waals surface area (Å²) in [5, 5.41) is 9.47. The van der Waals surface area contributed by atoms with Gasteiger partial charge in [0.1, 0.15) is 5.04 Å². The maximum atomic E-state index is 12.4. The maximum Gasteiger partial charge on any atom is 0.439 e. The van der Waals surface area contributed by atoms with Crippen LogP contribution in [-0.2, 0) is 0 Å². The number of pyridine rings is 1. The zero-order valence-corrected chi connectivity index (χ0v) is 8.72. The van der Waals surface area contributed by atoms with Gasteiger partial charge < -0.3 is 5.11 Å². The molecule has 0 saturated heterocycles. The highest BCUT2D eigenvalue weighted by atomic mass is 32.2. The average Bonchev–Trinajstić information content (AvgIpc) is 2.63. The number of aliphatic hydroxyl groups is 1. The van der Waals surface area contributed by atoms with Crippen molar-refractivity contribution >= 4 is 16.8 Å². The van der Waals surface area contributed by atoms with Crippen molar-refractivity contribution in [2.75, 3.05) is 5.75 Å². The Morgan fingerprint density at radius 3 is 2.69 bits per heavy atom. The van der Waals surface area contributed by atoms with Crippen molar-refractivity contribution < 1.29 is 18.3 Å². The van der Waals surface area contributed by atoms with Crippen molar-refractivity contribution in [1.29, 1.82) is 0 Å². The largest absolute Gasteiger partial charge is 0.439 e. The molecule has 0 saturated carbocycles. The summed E-state index contributed by atoms with van der Waals surface area (Å²) in [6, 6.07) is 3.20. The minimum Gasteiger partial charge on any atom is -0.361 e. The number of halogens is 3. The Morgan fingerprint density at radius 2 is 2.19 bits per heavy atom. The summed E-state index contributed by atoms with van der Waals surface area (Å²) in [6.45, 7) is 0. The SMILES string of the molecule is OC1(C(F)(F)F)CSC(c2cccnc2)=N1. The van der Waals surface area contributed by atoms with Crippen LogP contribution >= 0.6 is 11.8 Å². The van der Waals surface area contributed by atoms with E-state index in [0.29, 0.717) is 5.56 Å². The fraction of sp³-hybridized carbons (Fsp3) is 0.333. The first-order valence-electron chi connectivity index (χ1n) is 4.34. The summed E-state index contributed by atoms with van der Waals surface area (Å²) < 4.78 is 37.3. The summed E-state index contributed by atoms with van der Waals surface area (Å²) in [7, 11) is 0. The molecule has 2 rings (SSSR count). The second kappa shape index (κ2) is 3.74. The van der Waals surface area contributed by atoms with Gasteiger partial charge in [0.2, 0.25) is 0 Å². The van der Waals surface area contributed by atoms with Crippen LogP contribution in [0.2, 0.25) is 0 Å². The number of alkyl halides is 3. The number of aliphatic imine (C=N–C) groups is 1. The fourth-order valence-corrected chi connectivity index (χ4v) is 2.25. The van der Waals surface area contributed by atoms with Crippen LogP contribution in [0.25, 0.3) is 0 Å². The van der Waals surface area contributed by atoms with Gasteiger partial charge in [-0.3, -0.25) is 4.98 Å². The van der Waals surface area contributed by atoms with Gasteiger partial charge >= 0.3 is 6.18 Å².